The summed E-state index contributed by atoms with van der Waals surface area (Å²) < 4.78 is 5.33. The molecule has 1 aliphatic rings. The van der Waals surface area contributed by atoms with E-state index in [1.54, 1.807) is 0 Å². The summed E-state index contributed by atoms with van der Waals surface area (Å²) in [4.78, 5) is 31.3. The Bertz CT molecular complexity index is 908. The summed E-state index contributed by atoms with van der Waals surface area (Å²) in [5.74, 6) is -0.995. The number of carbonyl (C=O) groups excluding carboxylic acids is 1. The molecule has 8 nitrogen and oxygen atoms in total. The number of aromatic nitrogens is 2. The van der Waals surface area contributed by atoms with Gasteiger partial charge in [0.05, 0.1) is 5.69 Å². The lowest BCUT2D eigenvalue weighted by molar-refractivity contribution is 0.0491. The Morgan fingerprint density at radius 2 is 1.90 bits per heavy atom. The molecule has 0 atom stereocenters. The normalized spacial score (nSPS) is 19.5. The second kappa shape index (κ2) is 8.93. The van der Waals surface area contributed by atoms with Crippen LogP contribution in [-0.2, 0) is 11.2 Å². The van der Waals surface area contributed by atoms with Gasteiger partial charge in [-0.2, -0.15) is 0 Å². The molecule has 0 aromatic carbocycles. The van der Waals surface area contributed by atoms with Gasteiger partial charge in [-0.1, -0.05) is 13.3 Å². The van der Waals surface area contributed by atoms with Crippen LogP contribution in [-0.4, -0.2) is 44.8 Å². The van der Waals surface area contributed by atoms with E-state index in [0.717, 1.165) is 49.6 Å². The monoisotopic (exact) mass is 416 g/mol. The minimum Gasteiger partial charge on any atom is -0.478 e. The number of amides is 1. The van der Waals surface area contributed by atoms with Crippen molar-refractivity contribution in [2.75, 3.05) is 5.32 Å². The quantitative estimate of drug-likeness (QED) is 0.552. The van der Waals surface area contributed by atoms with Gasteiger partial charge >= 0.3 is 12.1 Å². The molecule has 30 heavy (non-hydrogen) atoms. The Kier molecular flexibility index (Phi) is 6.53. The molecular weight excluding hydrogens is 384 g/mol. The van der Waals surface area contributed by atoms with Gasteiger partial charge in [-0.15, -0.1) is 0 Å². The largest absolute Gasteiger partial charge is 0.478 e. The molecule has 0 unspecified atom stereocenters. The van der Waals surface area contributed by atoms with Gasteiger partial charge in [0.1, 0.15) is 16.8 Å². The SMILES string of the molecule is CCCc1cc2c(N[C@H]3CC[C@H](NC(=O)OC(C)(C)C)CC3)c(C(=O)O)cnc2[nH]1. The highest BCUT2D eigenvalue weighted by Gasteiger charge is 2.26. The van der Waals surface area contributed by atoms with Gasteiger partial charge in [-0.25, -0.2) is 14.6 Å². The number of carboxylic acids is 1. The van der Waals surface area contributed by atoms with Crippen LogP contribution >= 0.6 is 0 Å². The number of ether oxygens (including phenoxy) is 1. The zero-order valence-electron chi connectivity index (χ0n) is 18.2. The van der Waals surface area contributed by atoms with Crippen molar-refractivity contribution in [3.05, 3.63) is 23.5 Å². The molecule has 3 rings (SSSR count). The molecule has 1 saturated carbocycles. The molecule has 0 aliphatic heterocycles. The summed E-state index contributed by atoms with van der Waals surface area (Å²) in [7, 11) is 0. The first-order valence-corrected chi connectivity index (χ1v) is 10.7. The lowest BCUT2D eigenvalue weighted by Crippen LogP contribution is -2.42. The molecule has 164 valence electrons. The fourth-order valence-electron chi connectivity index (χ4n) is 3.91. The molecular formula is C22H32N4O4. The molecule has 1 fully saturated rings. The van der Waals surface area contributed by atoms with Crippen LogP contribution in [0.15, 0.2) is 12.3 Å². The number of alkyl carbamates (subject to hydrolysis) is 1. The van der Waals surface area contributed by atoms with Crippen LogP contribution in [0.3, 0.4) is 0 Å². The maximum atomic E-state index is 12.0. The predicted octanol–water partition coefficient (Wildman–Crippen LogP) is 4.46. The number of anilines is 1. The van der Waals surface area contributed by atoms with Gasteiger partial charge < -0.3 is 25.5 Å². The smallest absolute Gasteiger partial charge is 0.407 e. The summed E-state index contributed by atoms with van der Waals surface area (Å²) in [5, 5.41) is 16.9. The summed E-state index contributed by atoms with van der Waals surface area (Å²) in [5.41, 5.74) is 2.03. The number of nitrogens with zero attached hydrogens (tertiary/aromatic N) is 1. The second-order valence-electron chi connectivity index (χ2n) is 9.00. The van der Waals surface area contributed by atoms with Gasteiger partial charge in [0.25, 0.3) is 0 Å². The fourth-order valence-corrected chi connectivity index (χ4v) is 3.91. The van der Waals surface area contributed by atoms with Gasteiger partial charge in [0, 0.05) is 29.4 Å². The first-order chi connectivity index (χ1) is 14.2. The van der Waals surface area contributed by atoms with Crippen molar-refractivity contribution >= 4 is 28.8 Å². The third-order valence-electron chi connectivity index (χ3n) is 5.26. The average molecular weight is 417 g/mol. The van der Waals surface area contributed by atoms with Gasteiger partial charge in [0.15, 0.2) is 0 Å². The van der Waals surface area contributed by atoms with Crippen LogP contribution in [0.25, 0.3) is 11.0 Å². The number of rotatable bonds is 6. The van der Waals surface area contributed by atoms with E-state index in [9.17, 15) is 14.7 Å². The zero-order chi connectivity index (χ0) is 21.9. The Hall–Kier alpha value is -2.77. The van der Waals surface area contributed by atoms with E-state index in [0.29, 0.717) is 11.3 Å². The highest BCUT2D eigenvalue weighted by molar-refractivity contribution is 6.03. The predicted molar refractivity (Wildman–Crippen MR) is 116 cm³/mol. The number of hydrogen-bond acceptors (Lipinski definition) is 5. The molecule has 0 spiro atoms. The maximum Gasteiger partial charge on any atom is 0.407 e. The van der Waals surface area contributed by atoms with Crippen LogP contribution < -0.4 is 10.6 Å². The Morgan fingerprint density at radius 3 is 2.50 bits per heavy atom. The van der Waals surface area contributed by atoms with E-state index in [1.807, 2.05) is 26.8 Å². The van der Waals surface area contributed by atoms with E-state index in [-0.39, 0.29) is 17.6 Å². The summed E-state index contributed by atoms with van der Waals surface area (Å²) >= 11 is 0. The summed E-state index contributed by atoms with van der Waals surface area (Å²) in [6.07, 6.45) is 6.18. The molecule has 2 heterocycles. The number of H-pyrrole nitrogens is 1. The van der Waals surface area contributed by atoms with Gasteiger partial charge in [-0.05, 0) is 58.9 Å². The summed E-state index contributed by atoms with van der Waals surface area (Å²) in [6, 6.07) is 2.20. The molecule has 0 saturated heterocycles. The molecule has 2 aromatic heterocycles. The van der Waals surface area contributed by atoms with Crippen molar-refractivity contribution in [3.8, 4) is 0 Å². The fraction of sp³-hybridized carbons (Fsp3) is 0.591. The number of aryl methyl sites for hydroxylation is 1. The molecule has 1 aliphatic carbocycles. The third kappa shape index (κ3) is 5.43. The minimum absolute atomic E-state index is 0.0673. The molecule has 1 amide bonds. The van der Waals surface area contributed by atoms with Crippen molar-refractivity contribution in [2.24, 2.45) is 0 Å². The number of carboxylic acid groups (broad SMARTS) is 1. The van der Waals surface area contributed by atoms with Crippen LogP contribution in [0.1, 0.15) is 75.9 Å². The molecule has 4 N–H and O–H groups in total. The number of carbonyl (C=O) groups is 2. The maximum absolute atomic E-state index is 12.0. The number of nitrogens with one attached hydrogen (secondary N) is 3. The van der Waals surface area contributed by atoms with E-state index in [4.69, 9.17) is 4.74 Å². The topological polar surface area (TPSA) is 116 Å². The third-order valence-corrected chi connectivity index (χ3v) is 5.26. The average Bonchev–Trinajstić information content (AvgIpc) is 3.05. The van der Waals surface area contributed by atoms with Crippen molar-refractivity contribution < 1.29 is 19.4 Å². The van der Waals surface area contributed by atoms with Crippen molar-refractivity contribution in [1.29, 1.82) is 0 Å². The number of hydrogen-bond donors (Lipinski definition) is 4. The van der Waals surface area contributed by atoms with Crippen molar-refractivity contribution in [2.45, 2.75) is 83.9 Å². The van der Waals surface area contributed by atoms with Crippen LogP contribution in [0.4, 0.5) is 10.5 Å². The van der Waals surface area contributed by atoms with Crippen molar-refractivity contribution in [3.63, 3.8) is 0 Å². The van der Waals surface area contributed by atoms with E-state index in [1.165, 1.54) is 6.20 Å². The number of aromatic carboxylic acids is 1. The van der Waals surface area contributed by atoms with E-state index in [2.05, 4.69) is 27.5 Å². The molecule has 0 bridgehead atoms. The van der Waals surface area contributed by atoms with Gasteiger partial charge in [-0.3, -0.25) is 0 Å². The standard InChI is InChI=1S/C22H32N4O4/c1-5-6-15-11-16-18(17(20(27)28)12-23-19(16)25-15)24-13-7-9-14(10-8-13)26-21(29)30-22(2,3)4/h11-14H,5-10H2,1-4H3,(H,26,29)(H,27,28)(H2,23,24,25)/t13-,14-. The minimum atomic E-state index is -0.995. The Labute approximate surface area is 176 Å². The Morgan fingerprint density at radius 1 is 1.23 bits per heavy atom. The first-order valence-electron chi connectivity index (χ1n) is 10.7. The van der Waals surface area contributed by atoms with Crippen LogP contribution in [0.2, 0.25) is 0 Å². The lowest BCUT2D eigenvalue weighted by Gasteiger charge is -2.31. The van der Waals surface area contributed by atoms with Crippen LogP contribution in [0, 0.1) is 0 Å². The Balaban J connectivity index is 1.69. The highest BCUT2D eigenvalue weighted by atomic mass is 16.6. The number of pyridine rings is 1. The highest BCUT2D eigenvalue weighted by Crippen LogP contribution is 2.31. The van der Waals surface area contributed by atoms with E-state index >= 15 is 0 Å². The first kappa shape index (κ1) is 21.9. The number of fused-ring (bicyclic) bond motifs is 1. The molecule has 8 heteroatoms. The van der Waals surface area contributed by atoms with Crippen LogP contribution in [0.5, 0.6) is 0 Å². The number of aromatic amines is 1. The second-order valence-corrected chi connectivity index (χ2v) is 9.00. The van der Waals surface area contributed by atoms with Crippen molar-refractivity contribution in [1.82, 2.24) is 15.3 Å². The van der Waals surface area contributed by atoms with E-state index < -0.39 is 17.7 Å². The molecule has 0 radical (unpaired) electrons. The lowest BCUT2D eigenvalue weighted by atomic mass is 9.91. The molecule has 2 aromatic rings. The van der Waals surface area contributed by atoms with Gasteiger partial charge in [0.2, 0.25) is 0 Å². The summed E-state index contributed by atoms with van der Waals surface area (Å²) in [6.45, 7) is 7.63. The zero-order valence-corrected chi connectivity index (χ0v) is 18.2.